The quantitative estimate of drug-likeness (QED) is 0.295. The number of carbonyl (C=O) groups excluding carboxylic acids is 2. The third-order valence-corrected chi connectivity index (χ3v) is 5.17. The van der Waals surface area contributed by atoms with Gasteiger partial charge in [-0.15, -0.1) is 6.42 Å². The average Bonchev–Trinajstić information content (AvgIpc) is 3.30. The highest BCUT2D eigenvalue weighted by Crippen LogP contribution is 2.36. The zero-order chi connectivity index (χ0) is 25.4. The minimum Gasteiger partial charge on any atom is -0.490 e. The van der Waals surface area contributed by atoms with Crippen molar-refractivity contribution in [2.24, 2.45) is 11.0 Å². The van der Waals surface area contributed by atoms with Crippen molar-refractivity contribution in [2.75, 3.05) is 20.0 Å². The Morgan fingerprint density at radius 1 is 1.23 bits per heavy atom. The Balaban J connectivity index is 1.67. The number of fused-ring (bicyclic) bond motifs is 1. The minimum absolute atomic E-state index is 0.0395. The van der Waals surface area contributed by atoms with Crippen LogP contribution in [0.4, 0.5) is 0 Å². The number of ether oxygens (including phenoxy) is 4. The molecule has 0 saturated heterocycles. The number of nitrogens with zero attached hydrogens (tertiary/aromatic N) is 1. The Labute approximate surface area is 208 Å². The molecule has 1 heterocycles. The molecule has 184 valence electrons. The van der Waals surface area contributed by atoms with E-state index in [1.54, 1.807) is 30.3 Å². The van der Waals surface area contributed by atoms with Gasteiger partial charge in [0.25, 0.3) is 11.8 Å². The monoisotopic (exact) mass is 499 g/mol. The van der Waals surface area contributed by atoms with Crippen LogP contribution in [0.2, 0.25) is 5.02 Å². The van der Waals surface area contributed by atoms with Crippen LogP contribution in [0, 0.1) is 18.3 Å². The highest BCUT2D eigenvalue weighted by atomic mass is 35.5. The number of amides is 2. The summed E-state index contributed by atoms with van der Waals surface area (Å²) in [5.41, 5.74) is 3.38. The summed E-state index contributed by atoms with van der Waals surface area (Å²) in [5, 5.41) is 7.03. The van der Waals surface area contributed by atoms with E-state index in [1.165, 1.54) is 6.21 Å². The summed E-state index contributed by atoms with van der Waals surface area (Å²) in [6.07, 6.45) is 6.66. The highest BCUT2D eigenvalue weighted by Gasteiger charge is 2.25. The van der Waals surface area contributed by atoms with Crippen molar-refractivity contribution in [1.29, 1.82) is 0 Å². The number of nitrogens with one attached hydrogen (secondary N) is 2. The van der Waals surface area contributed by atoms with Gasteiger partial charge in [-0.05, 0) is 48.7 Å². The van der Waals surface area contributed by atoms with Crippen molar-refractivity contribution in [3.63, 3.8) is 0 Å². The molecule has 0 bridgehead atoms. The second-order valence-electron chi connectivity index (χ2n) is 7.75. The first-order chi connectivity index (χ1) is 16.8. The van der Waals surface area contributed by atoms with Gasteiger partial charge >= 0.3 is 0 Å². The Morgan fingerprint density at radius 2 is 2.00 bits per heavy atom. The second-order valence-corrected chi connectivity index (χ2v) is 8.16. The van der Waals surface area contributed by atoms with Crippen LogP contribution >= 0.6 is 11.6 Å². The Hall–Kier alpha value is -3.90. The molecule has 2 aromatic rings. The average molecular weight is 500 g/mol. The van der Waals surface area contributed by atoms with Crippen molar-refractivity contribution < 1.29 is 28.5 Å². The maximum absolute atomic E-state index is 12.8. The Morgan fingerprint density at radius 3 is 2.71 bits per heavy atom. The third kappa shape index (κ3) is 6.58. The maximum Gasteiger partial charge on any atom is 0.262 e. The number of terminal acetylenes is 1. The van der Waals surface area contributed by atoms with E-state index in [1.807, 2.05) is 20.8 Å². The number of carbonyl (C=O) groups is 2. The standard InChI is InChI=1S/C25H26ClN3O6/c1-5-9-33-23-18(26)10-16(11-21(23)32-6-2)13-27-29-25(31)22(15(3)4)28-24(30)17-7-8-19-20(12-17)35-14-34-19/h1,7-8,10-13,15,22H,6,9,14H2,2-4H3,(H,28,30)(H,29,31). The summed E-state index contributed by atoms with van der Waals surface area (Å²) in [5.74, 6) is 3.06. The van der Waals surface area contributed by atoms with E-state index in [-0.39, 0.29) is 24.3 Å². The van der Waals surface area contributed by atoms with Gasteiger partial charge in [0.15, 0.2) is 23.0 Å². The van der Waals surface area contributed by atoms with Gasteiger partial charge in [-0.3, -0.25) is 9.59 Å². The van der Waals surface area contributed by atoms with Gasteiger partial charge in [0.2, 0.25) is 6.79 Å². The molecule has 1 aliphatic heterocycles. The molecule has 0 spiro atoms. The molecule has 2 amide bonds. The summed E-state index contributed by atoms with van der Waals surface area (Å²) in [7, 11) is 0. The van der Waals surface area contributed by atoms with Crippen molar-refractivity contribution in [1.82, 2.24) is 10.7 Å². The molecule has 1 unspecified atom stereocenters. The molecular formula is C25H26ClN3O6. The van der Waals surface area contributed by atoms with Crippen molar-refractivity contribution in [3.05, 3.63) is 46.5 Å². The summed E-state index contributed by atoms with van der Waals surface area (Å²) < 4.78 is 21.6. The van der Waals surface area contributed by atoms with Crippen LogP contribution < -0.4 is 29.7 Å². The van der Waals surface area contributed by atoms with E-state index in [0.717, 1.165) is 0 Å². The molecule has 10 heteroatoms. The first-order valence-corrected chi connectivity index (χ1v) is 11.3. The van der Waals surface area contributed by atoms with Crippen LogP contribution in [-0.4, -0.2) is 44.1 Å². The largest absolute Gasteiger partial charge is 0.490 e. The Bertz CT molecular complexity index is 1160. The molecular weight excluding hydrogens is 474 g/mol. The SMILES string of the molecule is C#CCOc1c(Cl)cc(C=NNC(=O)C(NC(=O)c2ccc3c(c2)OCO3)C(C)C)cc1OCC. The van der Waals surface area contributed by atoms with E-state index in [4.69, 9.17) is 37.0 Å². The fourth-order valence-corrected chi connectivity index (χ4v) is 3.49. The smallest absolute Gasteiger partial charge is 0.262 e. The van der Waals surface area contributed by atoms with Gasteiger partial charge in [0.05, 0.1) is 17.8 Å². The molecule has 2 aromatic carbocycles. The summed E-state index contributed by atoms with van der Waals surface area (Å²) >= 11 is 6.30. The number of hydrogen-bond donors (Lipinski definition) is 2. The van der Waals surface area contributed by atoms with Crippen LogP contribution in [0.5, 0.6) is 23.0 Å². The van der Waals surface area contributed by atoms with Crippen molar-refractivity contribution in [2.45, 2.75) is 26.8 Å². The minimum atomic E-state index is -0.827. The summed E-state index contributed by atoms with van der Waals surface area (Å²) in [6, 6.07) is 7.27. The van der Waals surface area contributed by atoms with E-state index in [0.29, 0.717) is 40.7 Å². The zero-order valence-corrected chi connectivity index (χ0v) is 20.3. The summed E-state index contributed by atoms with van der Waals surface area (Å²) in [4.78, 5) is 25.5. The van der Waals surface area contributed by atoms with Gasteiger partial charge in [-0.25, -0.2) is 5.43 Å². The number of halogens is 1. The molecule has 0 saturated carbocycles. The molecule has 1 atom stereocenters. The number of benzene rings is 2. The first-order valence-electron chi connectivity index (χ1n) is 10.9. The van der Waals surface area contributed by atoms with Crippen LogP contribution in [0.25, 0.3) is 0 Å². The third-order valence-electron chi connectivity index (χ3n) is 4.89. The maximum atomic E-state index is 12.8. The topological polar surface area (TPSA) is 107 Å². The zero-order valence-electron chi connectivity index (χ0n) is 19.6. The predicted molar refractivity (Wildman–Crippen MR) is 131 cm³/mol. The van der Waals surface area contributed by atoms with Gasteiger partial charge in [-0.2, -0.15) is 5.10 Å². The van der Waals surface area contributed by atoms with Crippen LogP contribution in [0.1, 0.15) is 36.7 Å². The summed E-state index contributed by atoms with van der Waals surface area (Å²) in [6.45, 7) is 5.99. The molecule has 2 N–H and O–H groups in total. The van der Waals surface area contributed by atoms with E-state index in [2.05, 4.69) is 21.8 Å². The fraction of sp³-hybridized carbons (Fsp3) is 0.320. The molecule has 0 aliphatic carbocycles. The fourth-order valence-electron chi connectivity index (χ4n) is 3.22. The van der Waals surface area contributed by atoms with Crippen LogP contribution in [0.15, 0.2) is 35.4 Å². The lowest BCUT2D eigenvalue weighted by Crippen LogP contribution is -2.48. The van der Waals surface area contributed by atoms with E-state index < -0.39 is 17.9 Å². The molecule has 0 fully saturated rings. The molecule has 3 rings (SSSR count). The first kappa shape index (κ1) is 25.7. The normalized spacial score (nSPS) is 12.8. The van der Waals surface area contributed by atoms with Crippen LogP contribution in [0.3, 0.4) is 0 Å². The van der Waals surface area contributed by atoms with Gasteiger partial charge in [0, 0.05) is 5.56 Å². The Kier molecular flexibility index (Phi) is 8.81. The molecule has 35 heavy (non-hydrogen) atoms. The molecule has 0 radical (unpaired) electrons. The van der Waals surface area contributed by atoms with Gasteiger partial charge in [-0.1, -0.05) is 31.4 Å². The highest BCUT2D eigenvalue weighted by molar-refractivity contribution is 6.32. The lowest BCUT2D eigenvalue weighted by molar-refractivity contribution is -0.123. The second kappa shape index (κ2) is 12.0. The number of rotatable bonds is 10. The molecule has 1 aliphatic rings. The lowest BCUT2D eigenvalue weighted by atomic mass is 10.0. The molecule has 9 nitrogen and oxygen atoms in total. The number of hydrogen-bond acceptors (Lipinski definition) is 7. The van der Waals surface area contributed by atoms with E-state index in [9.17, 15) is 9.59 Å². The van der Waals surface area contributed by atoms with Crippen molar-refractivity contribution >= 4 is 29.6 Å². The van der Waals surface area contributed by atoms with Crippen LogP contribution in [-0.2, 0) is 4.79 Å². The van der Waals surface area contributed by atoms with Gasteiger partial charge in [0.1, 0.15) is 12.6 Å². The lowest BCUT2D eigenvalue weighted by Gasteiger charge is -2.20. The molecule has 0 aromatic heterocycles. The predicted octanol–water partition coefficient (Wildman–Crippen LogP) is 3.38. The van der Waals surface area contributed by atoms with Gasteiger partial charge < -0.3 is 24.3 Å². The van der Waals surface area contributed by atoms with E-state index >= 15 is 0 Å². The number of hydrazone groups is 1. The van der Waals surface area contributed by atoms with Crippen molar-refractivity contribution in [3.8, 4) is 35.3 Å².